The first-order valence-corrected chi connectivity index (χ1v) is 12.6. The molecule has 2 unspecified atom stereocenters. The fourth-order valence-electron chi connectivity index (χ4n) is 4.88. The number of carbonyl (C=O) groups excluding carboxylic acids is 2. The second-order valence-electron chi connectivity index (χ2n) is 9.26. The molecule has 0 saturated heterocycles. The highest BCUT2D eigenvalue weighted by Crippen LogP contribution is 2.39. The van der Waals surface area contributed by atoms with Gasteiger partial charge in [-0.05, 0) is 66.8 Å². The number of rotatable bonds is 10. The van der Waals surface area contributed by atoms with E-state index in [4.69, 9.17) is 15.3 Å². The number of oxime groups is 1. The average molecular weight is 500 g/mol. The number of carbonyl (C=O) groups is 2. The molecule has 0 saturated carbocycles. The largest absolute Gasteiger partial charge is 0.546 e. The fraction of sp³-hybridized carbons (Fsp3) is 0.300. The molecule has 3 aromatic carbocycles. The van der Waals surface area contributed by atoms with Gasteiger partial charge in [0.2, 0.25) is 0 Å². The van der Waals surface area contributed by atoms with E-state index in [1.807, 2.05) is 72.8 Å². The van der Waals surface area contributed by atoms with E-state index in [2.05, 4.69) is 5.16 Å². The van der Waals surface area contributed by atoms with Crippen LogP contribution in [-0.2, 0) is 20.8 Å². The molecule has 4 rings (SSSR count). The van der Waals surface area contributed by atoms with Crippen molar-refractivity contribution < 1.29 is 24.3 Å². The number of nitrogens with two attached hydrogens (primary N) is 1. The van der Waals surface area contributed by atoms with E-state index in [9.17, 15) is 14.7 Å². The SMILES string of the molecule is CC(Oc1cccc2c1CCCC2CCC(=O)O/N=C(\N)C(c1ccccc1)c1ccccc1)C(=O)[O-]. The van der Waals surface area contributed by atoms with Gasteiger partial charge in [0.25, 0.3) is 0 Å². The van der Waals surface area contributed by atoms with Crippen molar-refractivity contribution in [2.75, 3.05) is 0 Å². The first-order valence-electron chi connectivity index (χ1n) is 12.6. The topological polar surface area (TPSA) is 114 Å². The summed E-state index contributed by atoms with van der Waals surface area (Å²) >= 11 is 0. The van der Waals surface area contributed by atoms with E-state index in [1.54, 1.807) is 6.07 Å². The highest BCUT2D eigenvalue weighted by molar-refractivity contribution is 5.90. The van der Waals surface area contributed by atoms with Crippen LogP contribution < -0.4 is 15.6 Å². The van der Waals surface area contributed by atoms with Gasteiger partial charge in [-0.25, -0.2) is 4.79 Å². The summed E-state index contributed by atoms with van der Waals surface area (Å²) < 4.78 is 5.62. The molecule has 0 spiro atoms. The number of benzene rings is 3. The predicted molar refractivity (Wildman–Crippen MR) is 139 cm³/mol. The van der Waals surface area contributed by atoms with E-state index in [0.717, 1.165) is 41.5 Å². The van der Waals surface area contributed by atoms with Gasteiger partial charge in [-0.2, -0.15) is 0 Å². The Morgan fingerprint density at radius 3 is 2.27 bits per heavy atom. The minimum Gasteiger partial charge on any atom is -0.546 e. The van der Waals surface area contributed by atoms with E-state index in [-0.39, 0.29) is 24.1 Å². The van der Waals surface area contributed by atoms with Crippen molar-refractivity contribution in [3.63, 3.8) is 0 Å². The highest BCUT2D eigenvalue weighted by atomic mass is 16.7. The molecule has 3 aromatic rings. The molecule has 0 amide bonds. The number of fused-ring (bicyclic) bond motifs is 1. The predicted octanol–water partition coefficient (Wildman–Crippen LogP) is 4.05. The zero-order valence-electron chi connectivity index (χ0n) is 20.8. The van der Waals surface area contributed by atoms with Crippen LogP contribution in [-0.4, -0.2) is 23.9 Å². The van der Waals surface area contributed by atoms with Crippen LogP contribution >= 0.6 is 0 Å². The number of hydrogen-bond donors (Lipinski definition) is 1. The Hall–Kier alpha value is -4.13. The van der Waals surface area contributed by atoms with E-state index in [0.29, 0.717) is 12.2 Å². The maximum atomic E-state index is 12.6. The number of carboxylic acids is 1. The summed E-state index contributed by atoms with van der Waals surface area (Å²) in [7, 11) is 0. The van der Waals surface area contributed by atoms with Crippen molar-refractivity contribution in [3.05, 3.63) is 101 Å². The maximum Gasteiger partial charge on any atom is 0.335 e. The zero-order valence-corrected chi connectivity index (χ0v) is 20.8. The van der Waals surface area contributed by atoms with Crippen LogP contribution in [0, 0.1) is 0 Å². The van der Waals surface area contributed by atoms with Crippen molar-refractivity contribution in [2.45, 2.75) is 57.0 Å². The summed E-state index contributed by atoms with van der Waals surface area (Å²) in [5, 5.41) is 15.1. The smallest absolute Gasteiger partial charge is 0.335 e. The summed E-state index contributed by atoms with van der Waals surface area (Å²) in [4.78, 5) is 29.0. The van der Waals surface area contributed by atoms with Crippen molar-refractivity contribution in [3.8, 4) is 5.75 Å². The number of ether oxygens (including phenoxy) is 1. The Kier molecular flexibility index (Phi) is 8.56. The summed E-state index contributed by atoms with van der Waals surface area (Å²) in [5.74, 6) is -1.13. The molecular formula is C30H31N2O5-. The van der Waals surface area contributed by atoms with Crippen LogP contribution in [0.4, 0.5) is 0 Å². The number of nitrogens with zero attached hydrogens (tertiary/aromatic N) is 1. The molecule has 37 heavy (non-hydrogen) atoms. The van der Waals surface area contributed by atoms with Gasteiger partial charge in [0.1, 0.15) is 11.9 Å². The normalized spacial score (nSPS) is 16.1. The van der Waals surface area contributed by atoms with Crippen LogP contribution in [0.2, 0.25) is 0 Å². The monoisotopic (exact) mass is 499 g/mol. The van der Waals surface area contributed by atoms with Gasteiger partial charge in [0.15, 0.2) is 5.84 Å². The molecule has 1 aliphatic carbocycles. The third-order valence-corrected chi connectivity index (χ3v) is 6.74. The Morgan fingerprint density at radius 2 is 1.65 bits per heavy atom. The van der Waals surface area contributed by atoms with Gasteiger partial charge in [0.05, 0.1) is 11.9 Å². The fourth-order valence-corrected chi connectivity index (χ4v) is 4.88. The van der Waals surface area contributed by atoms with Gasteiger partial charge < -0.3 is 25.2 Å². The summed E-state index contributed by atoms with van der Waals surface area (Å²) in [5.41, 5.74) is 10.3. The lowest BCUT2D eigenvalue weighted by Crippen LogP contribution is -2.37. The second-order valence-corrected chi connectivity index (χ2v) is 9.26. The Morgan fingerprint density at radius 1 is 1.00 bits per heavy atom. The number of carboxylic acid groups (broad SMARTS) is 1. The second kappa shape index (κ2) is 12.2. The quantitative estimate of drug-likeness (QED) is 0.195. The molecule has 1 aliphatic rings. The lowest BCUT2D eigenvalue weighted by molar-refractivity contribution is -0.312. The van der Waals surface area contributed by atoms with Crippen LogP contribution in [0.1, 0.15) is 66.7 Å². The summed E-state index contributed by atoms with van der Waals surface area (Å²) in [6.45, 7) is 1.46. The number of amidine groups is 1. The van der Waals surface area contributed by atoms with Crippen LogP contribution in [0.5, 0.6) is 5.75 Å². The van der Waals surface area contributed by atoms with Crippen molar-refractivity contribution in [1.29, 1.82) is 0 Å². The summed E-state index contributed by atoms with van der Waals surface area (Å²) in [6, 6.07) is 25.1. The Balaban J connectivity index is 1.41. The third-order valence-electron chi connectivity index (χ3n) is 6.74. The van der Waals surface area contributed by atoms with E-state index < -0.39 is 18.0 Å². The van der Waals surface area contributed by atoms with E-state index >= 15 is 0 Å². The third kappa shape index (κ3) is 6.55. The Labute approximate surface area is 216 Å². The molecule has 0 aromatic heterocycles. The lowest BCUT2D eigenvalue weighted by atomic mass is 9.80. The first-order chi connectivity index (χ1) is 17.9. The standard InChI is InChI=1S/C30H32N2O5/c1-20(30(34)35)36-26-17-9-15-24-21(14-8-16-25(24)26)18-19-27(33)37-32-29(31)28(22-10-4-2-5-11-22)23-12-6-3-7-13-23/h2-7,9-13,15,17,20-21,28H,8,14,16,18-19H2,1H3,(H2,31,32)(H,34,35)/p-1. The van der Waals surface area contributed by atoms with E-state index in [1.165, 1.54) is 6.92 Å². The van der Waals surface area contributed by atoms with Gasteiger partial charge in [-0.3, -0.25) is 0 Å². The molecular weight excluding hydrogens is 468 g/mol. The minimum absolute atomic E-state index is 0.140. The summed E-state index contributed by atoms with van der Waals surface area (Å²) in [6.07, 6.45) is 2.38. The molecule has 0 heterocycles. The van der Waals surface area contributed by atoms with Gasteiger partial charge in [0, 0.05) is 6.42 Å². The number of hydrogen-bond acceptors (Lipinski definition) is 6. The molecule has 2 N–H and O–H groups in total. The Bertz CT molecular complexity index is 1200. The van der Waals surface area contributed by atoms with Crippen LogP contribution in [0.15, 0.2) is 84.0 Å². The molecule has 0 fully saturated rings. The molecule has 0 radical (unpaired) electrons. The zero-order chi connectivity index (χ0) is 26.2. The lowest BCUT2D eigenvalue weighted by Gasteiger charge is -2.28. The molecule has 192 valence electrons. The maximum absolute atomic E-state index is 12.6. The first kappa shape index (κ1) is 25.9. The van der Waals surface area contributed by atoms with Crippen molar-refractivity contribution in [2.24, 2.45) is 10.9 Å². The van der Waals surface area contributed by atoms with Crippen molar-refractivity contribution in [1.82, 2.24) is 0 Å². The molecule has 7 heteroatoms. The molecule has 0 aliphatic heterocycles. The molecule has 7 nitrogen and oxygen atoms in total. The van der Waals surface area contributed by atoms with Gasteiger partial charge >= 0.3 is 5.97 Å². The van der Waals surface area contributed by atoms with Crippen molar-refractivity contribution >= 4 is 17.8 Å². The number of aliphatic carboxylic acids is 1. The van der Waals surface area contributed by atoms with Crippen LogP contribution in [0.3, 0.4) is 0 Å². The molecule has 2 atom stereocenters. The average Bonchev–Trinajstić information content (AvgIpc) is 2.92. The van der Waals surface area contributed by atoms with Gasteiger partial charge in [-0.1, -0.05) is 78.0 Å². The molecule has 0 bridgehead atoms. The van der Waals surface area contributed by atoms with Crippen LogP contribution in [0.25, 0.3) is 0 Å². The minimum atomic E-state index is -1.26. The van der Waals surface area contributed by atoms with Gasteiger partial charge in [-0.15, -0.1) is 0 Å². The highest BCUT2D eigenvalue weighted by Gasteiger charge is 2.25.